The first-order valence-corrected chi connectivity index (χ1v) is 8.70. The quantitative estimate of drug-likeness (QED) is 0.639. The summed E-state index contributed by atoms with van der Waals surface area (Å²) in [4.78, 5) is 32.3. The van der Waals surface area contributed by atoms with E-state index >= 15 is 0 Å². The fraction of sp³-hybridized carbons (Fsp3) is 0.188. The van der Waals surface area contributed by atoms with E-state index < -0.39 is 18.5 Å². The minimum Gasteiger partial charge on any atom is -0.450 e. The van der Waals surface area contributed by atoms with E-state index in [1.165, 1.54) is 16.6 Å². The van der Waals surface area contributed by atoms with Crippen molar-refractivity contribution < 1.29 is 14.3 Å². The molecule has 0 saturated heterocycles. The summed E-state index contributed by atoms with van der Waals surface area (Å²) in [6.45, 7) is 3.03. The fourth-order valence-corrected chi connectivity index (χ4v) is 3.20. The van der Waals surface area contributed by atoms with E-state index in [1.807, 2.05) is 0 Å². The third-order valence-corrected chi connectivity index (χ3v) is 4.22. The van der Waals surface area contributed by atoms with Crippen molar-refractivity contribution in [2.75, 3.05) is 11.9 Å². The number of aryl methyl sites for hydroxylation is 2. The zero-order chi connectivity index (χ0) is 19.7. The summed E-state index contributed by atoms with van der Waals surface area (Å²) in [5, 5.41) is 7.13. The fourth-order valence-electron chi connectivity index (χ4n) is 2.29. The molecule has 1 amide bonds. The predicted molar refractivity (Wildman–Crippen MR) is 101 cm³/mol. The lowest BCUT2D eigenvalue weighted by molar-refractivity contribution is -0.119. The van der Waals surface area contributed by atoms with Crippen molar-refractivity contribution in [3.05, 3.63) is 50.5 Å². The maximum absolute atomic E-state index is 12.1. The SMILES string of the molecule is Cc1cc(C)n2nc(C(=O)OCC(=O)Nc3c(Cl)cc(Cl)cc3Cl)nc2n1. The van der Waals surface area contributed by atoms with Gasteiger partial charge in [-0.05, 0) is 32.0 Å². The first kappa shape index (κ1) is 19.3. The van der Waals surface area contributed by atoms with Crippen LogP contribution in [0, 0.1) is 13.8 Å². The molecule has 0 atom stereocenters. The molecule has 0 spiro atoms. The van der Waals surface area contributed by atoms with Gasteiger partial charge >= 0.3 is 5.97 Å². The molecule has 0 aliphatic rings. The maximum atomic E-state index is 12.1. The number of benzene rings is 1. The van der Waals surface area contributed by atoms with Gasteiger partial charge < -0.3 is 10.1 Å². The van der Waals surface area contributed by atoms with Gasteiger partial charge in [0.2, 0.25) is 0 Å². The van der Waals surface area contributed by atoms with Crippen molar-refractivity contribution >= 4 is 58.1 Å². The second kappa shape index (κ2) is 7.67. The lowest BCUT2D eigenvalue weighted by Crippen LogP contribution is -2.21. The molecule has 0 saturated carbocycles. The standard InChI is InChI=1S/C16H12Cl3N5O3/c1-7-3-8(2)24-16(20-7)22-14(23-24)15(26)27-6-12(25)21-13-10(18)4-9(17)5-11(13)19/h3-5H,6H2,1-2H3,(H,21,25). The van der Waals surface area contributed by atoms with Crippen LogP contribution in [-0.4, -0.2) is 38.1 Å². The Morgan fingerprint density at radius 3 is 2.44 bits per heavy atom. The molecule has 1 N–H and O–H groups in total. The molecule has 140 valence electrons. The number of anilines is 1. The van der Waals surface area contributed by atoms with Crippen molar-refractivity contribution in [1.82, 2.24) is 19.6 Å². The molecule has 3 rings (SSSR count). The van der Waals surface area contributed by atoms with Crippen LogP contribution < -0.4 is 5.32 Å². The van der Waals surface area contributed by atoms with Crippen LogP contribution in [0.1, 0.15) is 22.0 Å². The second-order valence-corrected chi connectivity index (χ2v) is 6.81. The Balaban J connectivity index is 1.67. The van der Waals surface area contributed by atoms with E-state index in [2.05, 4.69) is 20.4 Å². The van der Waals surface area contributed by atoms with Gasteiger partial charge in [0, 0.05) is 16.4 Å². The third kappa shape index (κ3) is 4.29. The number of halogens is 3. The molecule has 1 aromatic carbocycles. The summed E-state index contributed by atoms with van der Waals surface area (Å²) in [6, 6.07) is 4.65. The summed E-state index contributed by atoms with van der Waals surface area (Å²) in [7, 11) is 0. The van der Waals surface area contributed by atoms with Crippen LogP contribution >= 0.6 is 34.8 Å². The molecule has 0 aliphatic heterocycles. The molecule has 2 heterocycles. The molecule has 0 bridgehead atoms. The van der Waals surface area contributed by atoms with E-state index in [4.69, 9.17) is 39.5 Å². The molecule has 3 aromatic rings. The first-order chi connectivity index (χ1) is 12.7. The van der Waals surface area contributed by atoms with Crippen LogP contribution in [-0.2, 0) is 9.53 Å². The lowest BCUT2D eigenvalue weighted by Gasteiger charge is -2.09. The van der Waals surface area contributed by atoms with Crippen LogP contribution in [0.25, 0.3) is 5.78 Å². The van der Waals surface area contributed by atoms with Crippen LogP contribution in [0.5, 0.6) is 0 Å². The van der Waals surface area contributed by atoms with E-state index in [9.17, 15) is 9.59 Å². The summed E-state index contributed by atoms with van der Waals surface area (Å²) in [5.41, 5.74) is 1.67. The van der Waals surface area contributed by atoms with Gasteiger partial charge in [0.25, 0.3) is 17.5 Å². The van der Waals surface area contributed by atoms with Gasteiger partial charge in [-0.15, -0.1) is 5.10 Å². The molecule has 27 heavy (non-hydrogen) atoms. The Labute approximate surface area is 168 Å². The minimum absolute atomic E-state index is 0.158. The van der Waals surface area contributed by atoms with Gasteiger partial charge in [-0.2, -0.15) is 4.98 Å². The highest BCUT2D eigenvalue weighted by Gasteiger charge is 2.18. The normalized spacial score (nSPS) is 10.9. The van der Waals surface area contributed by atoms with Gasteiger partial charge in [0.1, 0.15) is 0 Å². The largest absolute Gasteiger partial charge is 0.450 e. The van der Waals surface area contributed by atoms with Gasteiger partial charge in [-0.25, -0.2) is 14.3 Å². The molecular weight excluding hydrogens is 417 g/mol. The number of rotatable bonds is 4. The van der Waals surface area contributed by atoms with Gasteiger partial charge in [0.05, 0.1) is 15.7 Å². The van der Waals surface area contributed by atoms with Crippen LogP contribution in [0.2, 0.25) is 15.1 Å². The number of carbonyl (C=O) groups is 2. The molecule has 0 unspecified atom stereocenters. The second-order valence-electron chi connectivity index (χ2n) is 5.55. The molecule has 0 fully saturated rings. The molecular formula is C16H12Cl3N5O3. The maximum Gasteiger partial charge on any atom is 0.378 e. The van der Waals surface area contributed by atoms with Gasteiger partial charge in [-0.1, -0.05) is 34.8 Å². The first-order valence-electron chi connectivity index (χ1n) is 7.57. The van der Waals surface area contributed by atoms with Gasteiger partial charge in [-0.3, -0.25) is 4.79 Å². The van der Waals surface area contributed by atoms with Gasteiger partial charge in [0.15, 0.2) is 6.61 Å². The highest BCUT2D eigenvalue weighted by atomic mass is 35.5. The number of hydrogen-bond donors (Lipinski definition) is 1. The number of fused-ring (bicyclic) bond motifs is 1. The Morgan fingerprint density at radius 2 is 1.78 bits per heavy atom. The topological polar surface area (TPSA) is 98.5 Å². The Bertz CT molecular complexity index is 1040. The number of aromatic nitrogens is 4. The van der Waals surface area contributed by atoms with E-state index in [0.29, 0.717) is 5.02 Å². The van der Waals surface area contributed by atoms with E-state index in [0.717, 1.165) is 11.4 Å². The van der Waals surface area contributed by atoms with Crippen molar-refractivity contribution in [2.24, 2.45) is 0 Å². The van der Waals surface area contributed by atoms with Crippen molar-refractivity contribution in [3.8, 4) is 0 Å². The number of nitrogens with one attached hydrogen (secondary N) is 1. The van der Waals surface area contributed by atoms with Crippen LogP contribution in [0.3, 0.4) is 0 Å². The zero-order valence-corrected chi connectivity index (χ0v) is 16.4. The Hall–Kier alpha value is -2.42. The average molecular weight is 429 g/mol. The monoisotopic (exact) mass is 427 g/mol. The highest BCUT2D eigenvalue weighted by Crippen LogP contribution is 2.33. The van der Waals surface area contributed by atoms with Crippen LogP contribution in [0.15, 0.2) is 18.2 Å². The summed E-state index contributed by atoms with van der Waals surface area (Å²) in [6.07, 6.45) is 0. The summed E-state index contributed by atoms with van der Waals surface area (Å²) >= 11 is 17.8. The van der Waals surface area contributed by atoms with Crippen molar-refractivity contribution in [1.29, 1.82) is 0 Å². The molecule has 0 aliphatic carbocycles. The lowest BCUT2D eigenvalue weighted by atomic mass is 10.3. The predicted octanol–water partition coefficient (Wildman–Crippen LogP) is 3.50. The number of carbonyl (C=O) groups excluding carboxylic acids is 2. The average Bonchev–Trinajstić information content (AvgIpc) is 3.00. The molecule has 11 heteroatoms. The molecule has 8 nitrogen and oxygen atoms in total. The Morgan fingerprint density at radius 1 is 1.11 bits per heavy atom. The number of hydrogen-bond acceptors (Lipinski definition) is 6. The highest BCUT2D eigenvalue weighted by molar-refractivity contribution is 6.42. The van der Waals surface area contributed by atoms with E-state index in [1.54, 1.807) is 19.9 Å². The van der Waals surface area contributed by atoms with E-state index in [-0.39, 0.29) is 27.3 Å². The zero-order valence-electron chi connectivity index (χ0n) is 14.1. The van der Waals surface area contributed by atoms with Crippen LogP contribution in [0.4, 0.5) is 5.69 Å². The summed E-state index contributed by atoms with van der Waals surface area (Å²) in [5.74, 6) is -1.43. The number of ether oxygens (including phenoxy) is 1. The molecule has 0 radical (unpaired) electrons. The Kier molecular flexibility index (Phi) is 5.50. The van der Waals surface area contributed by atoms with Crippen molar-refractivity contribution in [3.63, 3.8) is 0 Å². The third-order valence-electron chi connectivity index (χ3n) is 3.41. The molecule has 2 aromatic heterocycles. The number of amides is 1. The summed E-state index contributed by atoms with van der Waals surface area (Å²) < 4.78 is 6.35. The van der Waals surface area contributed by atoms with Crippen molar-refractivity contribution in [2.45, 2.75) is 13.8 Å². The number of nitrogens with zero attached hydrogens (tertiary/aromatic N) is 4. The smallest absolute Gasteiger partial charge is 0.378 e. The number of esters is 1. The minimum atomic E-state index is -0.860.